The van der Waals surface area contributed by atoms with E-state index in [1.807, 2.05) is 0 Å². The zero-order chi connectivity index (χ0) is 23.5. The van der Waals surface area contributed by atoms with Crippen LogP contribution in [-0.4, -0.2) is 17.8 Å². The number of hydrogen-bond acceptors (Lipinski definition) is 4. The first-order valence-corrected chi connectivity index (χ1v) is 10.8. The van der Waals surface area contributed by atoms with Gasteiger partial charge in [-0.25, -0.2) is 14.1 Å². The van der Waals surface area contributed by atoms with Gasteiger partial charge in [-0.2, -0.15) is 0 Å². The zero-order valence-electron chi connectivity index (χ0n) is 16.8. The molecule has 1 aliphatic rings. The third-order valence-corrected chi connectivity index (χ3v) is 5.53. The van der Waals surface area contributed by atoms with Crippen LogP contribution in [-0.2, 0) is 16.2 Å². The number of halogens is 3. The van der Waals surface area contributed by atoms with Crippen molar-refractivity contribution in [2.75, 3.05) is 4.90 Å². The molecule has 0 bridgehead atoms. The number of nitrogens with one attached hydrogen (secondary N) is 1. The summed E-state index contributed by atoms with van der Waals surface area (Å²) in [6, 6.07) is 16.2. The van der Waals surface area contributed by atoms with Crippen LogP contribution in [0.3, 0.4) is 0 Å². The van der Waals surface area contributed by atoms with Crippen LogP contribution < -0.4 is 15.0 Å². The Morgan fingerprint density at radius 2 is 1.70 bits per heavy atom. The predicted molar refractivity (Wildman–Crippen MR) is 125 cm³/mol. The van der Waals surface area contributed by atoms with E-state index in [1.54, 1.807) is 48.5 Å². The van der Waals surface area contributed by atoms with Crippen molar-refractivity contribution in [1.29, 1.82) is 0 Å². The average Bonchev–Trinajstić information content (AvgIpc) is 2.78. The second-order valence-electron chi connectivity index (χ2n) is 7.03. The molecule has 0 aromatic heterocycles. The number of anilines is 1. The lowest BCUT2D eigenvalue weighted by Crippen LogP contribution is -2.54. The van der Waals surface area contributed by atoms with Gasteiger partial charge in [0.1, 0.15) is 23.7 Å². The number of benzene rings is 3. The minimum atomic E-state index is -0.844. The fourth-order valence-electron chi connectivity index (χ4n) is 3.14. The van der Waals surface area contributed by atoms with Crippen LogP contribution in [0.5, 0.6) is 5.75 Å². The molecule has 3 aromatic carbocycles. The molecule has 4 rings (SSSR count). The molecular weight excluding hydrogens is 515 g/mol. The lowest BCUT2D eigenvalue weighted by Gasteiger charge is -2.26. The summed E-state index contributed by atoms with van der Waals surface area (Å²) in [5.41, 5.74) is 1.14. The number of ether oxygens (including phenoxy) is 1. The Bertz CT molecular complexity index is 1280. The van der Waals surface area contributed by atoms with Crippen LogP contribution in [0.1, 0.15) is 11.1 Å². The number of amides is 4. The lowest BCUT2D eigenvalue weighted by atomic mass is 10.1. The van der Waals surface area contributed by atoms with Gasteiger partial charge in [0.05, 0.1) is 5.69 Å². The van der Waals surface area contributed by atoms with Crippen molar-refractivity contribution in [2.24, 2.45) is 0 Å². The lowest BCUT2D eigenvalue weighted by molar-refractivity contribution is -0.122. The van der Waals surface area contributed by atoms with Crippen LogP contribution in [0, 0.1) is 5.82 Å². The van der Waals surface area contributed by atoms with Gasteiger partial charge in [-0.05, 0) is 66.2 Å². The summed E-state index contributed by atoms with van der Waals surface area (Å²) >= 11 is 9.42. The highest BCUT2D eigenvalue weighted by Crippen LogP contribution is 2.29. The van der Waals surface area contributed by atoms with Gasteiger partial charge < -0.3 is 4.74 Å². The van der Waals surface area contributed by atoms with Crippen molar-refractivity contribution in [1.82, 2.24) is 5.32 Å². The molecule has 3 aromatic rings. The van der Waals surface area contributed by atoms with Gasteiger partial charge in [0.15, 0.2) is 0 Å². The summed E-state index contributed by atoms with van der Waals surface area (Å²) in [5, 5.41) is 2.54. The molecule has 1 N–H and O–H groups in total. The largest absolute Gasteiger partial charge is 0.488 e. The molecule has 0 radical (unpaired) electrons. The molecule has 9 heteroatoms. The van der Waals surface area contributed by atoms with E-state index >= 15 is 0 Å². The van der Waals surface area contributed by atoms with Gasteiger partial charge >= 0.3 is 6.03 Å². The third kappa shape index (κ3) is 5.13. The SMILES string of the molecule is O=C1NC(=O)N(c2ccc(Br)cc2)C(=O)/C1=C/c1cc(Cl)ccc1OCc1ccc(F)cc1. The van der Waals surface area contributed by atoms with Crippen molar-refractivity contribution in [3.63, 3.8) is 0 Å². The first-order valence-electron chi connectivity index (χ1n) is 9.65. The third-order valence-electron chi connectivity index (χ3n) is 4.77. The normalized spacial score (nSPS) is 15.1. The first kappa shape index (κ1) is 22.7. The van der Waals surface area contributed by atoms with E-state index in [1.165, 1.54) is 24.3 Å². The minimum Gasteiger partial charge on any atom is -0.488 e. The summed E-state index contributed by atoms with van der Waals surface area (Å²) in [4.78, 5) is 38.8. The molecular formula is C24H15BrClFN2O4. The second-order valence-corrected chi connectivity index (χ2v) is 8.38. The monoisotopic (exact) mass is 528 g/mol. The standard InChI is InChI=1S/C24H15BrClFN2O4/c25-16-3-8-19(9-4-16)29-23(31)20(22(30)28-24(29)32)12-15-11-17(26)5-10-21(15)33-13-14-1-6-18(27)7-2-14/h1-12H,13H2,(H,28,30,32)/b20-12+. The van der Waals surface area contributed by atoms with Gasteiger partial charge in [0, 0.05) is 15.1 Å². The van der Waals surface area contributed by atoms with E-state index in [0.29, 0.717) is 22.0 Å². The fraction of sp³-hybridized carbons (Fsp3) is 0.0417. The van der Waals surface area contributed by atoms with Crippen LogP contribution in [0.15, 0.2) is 76.8 Å². The van der Waals surface area contributed by atoms with Crippen molar-refractivity contribution in [3.8, 4) is 5.75 Å². The van der Waals surface area contributed by atoms with E-state index < -0.39 is 17.8 Å². The highest BCUT2D eigenvalue weighted by molar-refractivity contribution is 9.10. The van der Waals surface area contributed by atoms with Crippen molar-refractivity contribution >= 4 is 57.1 Å². The molecule has 4 amide bonds. The number of urea groups is 1. The van der Waals surface area contributed by atoms with Gasteiger partial charge in [0.2, 0.25) is 0 Å². The molecule has 0 atom stereocenters. The topological polar surface area (TPSA) is 75.7 Å². The fourth-order valence-corrected chi connectivity index (χ4v) is 3.59. The van der Waals surface area contributed by atoms with Crippen LogP contribution in [0.25, 0.3) is 6.08 Å². The Kier molecular flexibility index (Phi) is 6.57. The van der Waals surface area contributed by atoms with E-state index in [-0.39, 0.29) is 18.0 Å². The predicted octanol–water partition coefficient (Wildman–Crippen LogP) is 5.49. The van der Waals surface area contributed by atoms with Crippen LogP contribution in [0.2, 0.25) is 5.02 Å². The molecule has 1 saturated heterocycles. The maximum atomic E-state index is 13.1. The highest BCUT2D eigenvalue weighted by atomic mass is 79.9. The minimum absolute atomic E-state index is 0.127. The maximum absolute atomic E-state index is 13.1. The zero-order valence-corrected chi connectivity index (χ0v) is 19.2. The maximum Gasteiger partial charge on any atom is 0.335 e. The number of barbiturate groups is 1. The Hall–Kier alpha value is -3.49. The molecule has 0 unspecified atom stereocenters. The molecule has 0 saturated carbocycles. The van der Waals surface area contributed by atoms with Crippen molar-refractivity contribution in [3.05, 3.63) is 98.7 Å². The first-order chi connectivity index (χ1) is 15.8. The van der Waals surface area contributed by atoms with E-state index in [4.69, 9.17) is 16.3 Å². The molecule has 0 spiro atoms. The highest BCUT2D eigenvalue weighted by Gasteiger charge is 2.37. The molecule has 1 aliphatic heterocycles. The molecule has 6 nitrogen and oxygen atoms in total. The summed E-state index contributed by atoms with van der Waals surface area (Å²) in [5.74, 6) is -1.62. The second kappa shape index (κ2) is 9.56. The number of nitrogens with zero attached hydrogens (tertiary/aromatic N) is 1. The van der Waals surface area contributed by atoms with Crippen molar-refractivity contribution < 1.29 is 23.5 Å². The van der Waals surface area contributed by atoms with Crippen molar-refractivity contribution in [2.45, 2.75) is 6.61 Å². The number of carbonyl (C=O) groups excluding carboxylic acids is 3. The molecule has 166 valence electrons. The van der Waals surface area contributed by atoms with Crippen LogP contribution in [0.4, 0.5) is 14.9 Å². The number of hydrogen-bond donors (Lipinski definition) is 1. The Balaban J connectivity index is 1.66. The Morgan fingerprint density at radius 3 is 2.39 bits per heavy atom. The summed E-state index contributed by atoms with van der Waals surface area (Å²) in [6.07, 6.45) is 1.32. The summed E-state index contributed by atoms with van der Waals surface area (Å²) < 4.78 is 19.7. The molecule has 1 heterocycles. The smallest absolute Gasteiger partial charge is 0.335 e. The average molecular weight is 530 g/mol. The molecule has 1 fully saturated rings. The Labute approximate surface area is 201 Å². The summed E-state index contributed by atoms with van der Waals surface area (Å²) in [6.45, 7) is 0.127. The Morgan fingerprint density at radius 1 is 1.00 bits per heavy atom. The molecule has 0 aliphatic carbocycles. The number of rotatable bonds is 5. The van der Waals surface area contributed by atoms with E-state index in [0.717, 1.165) is 14.9 Å². The number of carbonyl (C=O) groups is 3. The van der Waals surface area contributed by atoms with Crippen LogP contribution >= 0.6 is 27.5 Å². The van der Waals surface area contributed by atoms with E-state index in [2.05, 4.69) is 21.2 Å². The quantitative estimate of drug-likeness (QED) is 0.350. The van der Waals surface area contributed by atoms with Gasteiger partial charge in [0.25, 0.3) is 11.8 Å². The van der Waals surface area contributed by atoms with Gasteiger partial charge in [-0.1, -0.05) is 39.7 Å². The van der Waals surface area contributed by atoms with Gasteiger partial charge in [-0.15, -0.1) is 0 Å². The van der Waals surface area contributed by atoms with Gasteiger partial charge in [-0.3, -0.25) is 14.9 Å². The van der Waals surface area contributed by atoms with E-state index in [9.17, 15) is 18.8 Å². The summed E-state index contributed by atoms with van der Waals surface area (Å²) in [7, 11) is 0. The molecule has 33 heavy (non-hydrogen) atoms. The number of imide groups is 2.